The van der Waals surface area contributed by atoms with Crippen LogP contribution in [0.3, 0.4) is 0 Å². The predicted octanol–water partition coefficient (Wildman–Crippen LogP) is 4.59. The Kier molecular flexibility index (Phi) is 27.8. The largest absolute Gasteiger partial charge is 0.481 e. The maximum atomic E-state index is 11.6. The van der Waals surface area contributed by atoms with E-state index in [1.54, 1.807) is 0 Å². The van der Waals surface area contributed by atoms with Gasteiger partial charge in [-0.1, -0.05) is 63.3 Å². The highest BCUT2D eigenvalue weighted by atomic mass is 16.4. The molecule has 0 radical (unpaired) electrons. The van der Waals surface area contributed by atoms with Gasteiger partial charge in [0, 0.05) is 33.0 Å². The summed E-state index contributed by atoms with van der Waals surface area (Å²) in [5.41, 5.74) is 0. The molecule has 0 spiro atoms. The van der Waals surface area contributed by atoms with Crippen LogP contribution in [0.15, 0.2) is 24.3 Å². The van der Waals surface area contributed by atoms with Gasteiger partial charge in [0.15, 0.2) is 0 Å². The Morgan fingerprint density at radius 1 is 0.800 bits per heavy atom. The van der Waals surface area contributed by atoms with Crippen LogP contribution in [-0.2, 0) is 9.59 Å². The Morgan fingerprint density at radius 2 is 1.37 bits per heavy atom. The van der Waals surface area contributed by atoms with Gasteiger partial charge in [0.1, 0.15) is 0 Å². The Hall–Kier alpha value is -1.66. The second kappa shape index (κ2) is 27.3. The molecule has 0 rings (SSSR count). The molecule has 0 heterocycles. The molecule has 176 valence electrons. The first-order valence-electron chi connectivity index (χ1n) is 11.6. The summed E-state index contributed by atoms with van der Waals surface area (Å²) in [5.74, 6) is -0.693. The van der Waals surface area contributed by atoms with Gasteiger partial charge in [0.05, 0.1) is 6.61 Å². The molecule has 0 unspecified atom stereocenters. The number of hydrogen-bond donors (Lipinski definition) is 4. The number of rotatable bonds is 19. The van der Waals surface area contributed by atoms with Gasteiger partial charge in [0.25, 0.3) is 5.97 Å². The van der Waals surface area contributed by atoms with E-state index in [9.17, 15) is 4.79 Å². The highest BCUT2D eigenvalue weighted by molar-refractivity contribution is 5.75. The van der Waals surface area contributed by atoms with Crippen molar-refractivity contribution >= 4 is 11.9 Å². The van der Waals surface area contributed by atoms with Gasteiger partial charge in [-0.15, -0.1) is 0 Å². The molecule has 0 aliphatic heterocycles. The van der Waals surface area contributed by atoms with Crippen molar-refractivity contribution in [3.8, 4) is 0 Å². The average molecular weight is 427 g/mol. The number of carbonyl (C=O) groups is 2. The van der Waals surface area contributed by atoms with Crippen LogP contribution < -0.4 is 10.6 Å². The molecule has 30 heavy (non-hydrogen) atoms. The van der Waals surface area contributed by atoms with Crippen LogP contribution in [0.2, 0.25) is 0 Å². The number of aliphatic hydroxyl groups is 1. The van der Waals surface area contributed by atoms with Gasteiger partial charge in [-0.2, -0.15) is 0 Å². The summed E-state index contributed by atoms with van der Waals surface area (Å²) in [6.07, 6.45) is 23.0. The smallest absolute Gasteiger partial charge is 0.300 e. The van der Waals surface area contributed by atoms with E-state index >= 15 is 0 Å². The van der Waals surface area contributed by atoms with Crippen molar-refractivity contribution in [3.05, 3.63) is 24.3 Å². The summed E-state index contributed by atoms with van der Waals surface area (Å²) >= 11 is 0. The lowest BCUT2D eigenvalue weighted by molar-refractivity contribution is -0.134. The van der Waals surface area contributed by atoms with E-state index in [1.807, 2.05) is 0 Å². The van der Waals surface area contributed by atoms with E-state index in [0.29, 0.717) is 26.1 Å². The molecule has 4 N–H and O–H groups in total. The Morgan fingerprint density at radius 3 is 1.97 bits per heavy atom. The van der Waals surface area contributed by atoms with Gasteiger partial charge >= 0.3 is 0 Å². The van der Waals surface area contributed by atoms with Crippen LogP contribution in [0, 0.1) is 0 Å². The molecule has 0 aromatic rings. The Bertz CT molecular complexity index is 433. The van der Waals surface area contributed by atoms with E-state index in [1.165, 1.54) is 51.4 Å². The highest BCUT2D eigenvalue weighted by Gasteiger charge is 1.99. The van der Waals surface area contributed by atoms with Gasteiger partial charge < -0.3 is 20.8 Å². The summed E-state index contributed by atoms with van der Waals surface area (Å²) in [6, 6.07) is 0. The second-order valence-electron chi connectivity index (χ2n) is 7.32. The number of amides is 1. The van der Waals surface area contributed by atoms with Gasteiger partial charge in [-0.05, 0) is 38.5 Å². The quantitative estimate of drug-likeness (QED) is 0.179. The maximum absolute atomic E-state index is 11.6. The number of nitrogens with one attached hydrogen (secondary N) is 2. The van der Waals surface area contributed by atoms with Crippen LogP contribution in [0.5, 0.6) is 0 Å². The van der Waals surface area contributed by atoms with Gasteiger partial charge in [-0.25, -0.2) is 0 Å². The molecule has 0 saturated heterocycles. The number of allylic oxidation sites excluding steroid dienone is 4. The summed E-state index contributed by atoms with van der Waals surface area (Å²) in [6.45, 7) is 5.40. The predicted molar refractivity (Wildman–Crippen MR) is 126 cm³/mol. The zero-order chi connectivity index (χ0) is 22.7. The molecule has 0 atom stereocenters. The summed E-state index contributed by atoms with van der Waals surface area (Å²) in [7, 11) is 0. The topological polar surface area (TPSA) is 98.7 Å². The van der Waals surface area contributed by atoms with E-state index < -0.39 is 5.97 Å². The molecular formula is C24H46N2O4. The minimum absolute atomic E-state index is 0.139. The standard InChI is InChI=1S/C22H42N2O2.C2H4O2/c1-2-3-4-5-6-7-8-9-10-11-12-13-14-15-16-17-22(26)24-19-18-23-20-21-25;1-2(3)4/h6-7,9-10,23,25H,2-5,8,11-21H2,1H3,(H,24,26);1H3,(H,3,4). The third kappa shape index (κ3) is 33.9. The van der Waals surface area contributed by atoms with Gasteiger partial charge in [0.2, 0.25) is 5.91 Å². The van der Waals surface area contributed by atoms with Crippen molar-refractivity contribution in [1.82, 2.24) is 10.6 Å². The molecule has 6 heteroatoms. The number of unbranched alkanes of at least 4 members (excludes halogenated alkanes) is 8. The Balaban J connectivity index is 0. The number of hydrogen-bond acceptors (Lipinski definition) is 4. The molecule has 0 saturated carbocycles. The maximum Gasteiger partial charge on any atom is 0.300 e. The van der Waals surface area contributed by atoms with Crippen LogP contribution >= 0.6 is 0 Å². The molecule has 6 nitrogen and oxygen atoms in total. The zero-order valence-corrected chi connectivity index (χ0v) is 19.3. The minimum Gasteiger partial charge on any atom is -0.481 e. The lowest BCUT2D eigenvalue weighted by Gasteiger charge is -2.06. The number of carboxylic acid groups (broad SMARTS) is 1. The van der Waals surface area contributed by atoms with Crippen molar-refractivity contribution in [3.63, 3.8) is 0 Å². The van der Waals surface area contributed by atoms with Crippen LogP contribution in [0.1, 0.15) is 90.9 Å². The van der Waals surface area contributed by atoms with Gasteiger partial charge in [-0.3, -0.25) is 9.59 Å². The molecule has 0 aromatic carbocycles. The molecule has 1 amide bonds. The summed E-state index contributed by atoms with van der Waals surface area (Å²) in [5, 5.41) is 22.0. The molecule has 0 fully saturated rings. The third-order valence-corrected chi connectivity index (χ3v) is 4.27. The summed E-state index contributed by atoms with van der Waals surface area (Å²) < 4.78 is 0. The number of carbonyl (C=O) groups excluding carboxylic acids is 1. The van der Waals surface area contributed by atoms with Crippen molar-refractivity contribution in [2.24, 2.45) is 0 Å². The van der Waals surface area contributed by atoms with E-state index in [2.05, 4.69) is 41.9 Å². The van der Waals surface area contributed by atoms with E-state index in [0.717, 1.165) is 26.2 Å². The van der Waals surface area contributed by atoms with E-state index in [4.69, 9.17) is 15.0 Å². The second-order valence-corrected chi connectivity index (χ2v) is 7.32. The molecular weight excluding hydrogens is 380 g/mol. The average Bonchev–Trinajstić information content (AvgIpc) is 2.70. The normalized spacial score (nSPS) is 10.9. The highest BCUT2D eigenvalue weighted by Crippen LogP contribution is 2.08. The fraction of sp³-hybridized carbons (Fsp3) is 0.750. The molecule has 0 bridgehead atoms. The monoisotopic (exact) mass is 426 g/mol. The van der Waals surface area contributed by atoms with Crippen molar-refractivity contribution in [2.75, 3.05) is 26.2 Å². The van der Waals surface area contributed by atoms with E-state index in [-0.39, 0.29) is 12.5 Å². The first-order valence-corrected chi connectivity index (χ1v) is 11.6. The number of carboxylic acids is 1. The zero-order valence-electron chi connectivity index (χ0n) is 19.3. The minimum atomic E-state index is -0.833. The SMILES string of the molecule is CC(=O)O.CCCCCC=CCC=CCCCCCCCC(=O)NCCNCCO. The number of aliphatic hydroxyl groups excluding tert-OH is 1. The first-order chi connectivity index (χ1) is 14.5. The van der Waals surface area contributed by atoms with Crippen molar-refractivity contribution in [2.45, 2.75) is 90.9 Å². The molecule has 0 aliphatic rings. The lowest BCUT2D eigenvalue weighted by Crippen LogP contribution is -2.32. The molecule has 0 aliphatic carbocycles. The van der Waals surface area contributed by atoms with Crippen molar-refractivity contribution in [1.29, 1.82) is 0 Å². The lowest BCUT2D eigenvalue weighted by atomic mass is 10.1. The van der Waals surface area contributed by atoms with Crippen LogP contribution in [0.4, 0.5) is 0 Å². The van der Waals surface area contributed by atoms with Crippen LogP contribution in [0.25, 0.3) is 0 Å². The third-order valence-electron chi connectivity index (χ3n) is 4.27. The first kappa shape index (κ1) is 30.5. The molecule has 0 aromatic heterocycles. The van der Waals surface area contributed by atoms with Crippen molar-refractivity contribution < 1.29 is 19.8 Å². The number of aliphatic carboxylic acids is 1. The Labute approximate surface area is 184 Å². The fourth-order valence-corrected chi connectivity index (χ4v) is 2.68. The fourth-order valence-electron chi connectivity index (χ4n) is 2.68. The van der Waals surface area contributed by atoms with Crippen LogP contribution in [-0.4, -0.2) is 48.3 Å². The summed E-state index contributed by atoms with van der Waals surface area (Å²) in [4.78, 5) is 20.6.